The van der Waals surface area contributed by atoms with Gasteiger partial charge in [0, 0.05) is 13.3 Å². The van der Waals surface area contributed by atoms with E-state index in [9.17, 15) is 4.79 Å². The van der Waals surface area contributed by atoms with Gasteiger partial charge in [-0.3, -0.25) is 4.79 Å². The Bertz CT molecular complexity index is 139. The first-order valence-corrected chi connectivity index (χ1v) is 4.69. The highest BCUT2D eigenvalue weighted by Crippen LogP contribution is 1.92. The van der Waals surface area contributed by atoms with Gasteiger partial charge in [-0.1, -0.05) is 13.8 Å². The summed E-state index contributed by atoms with van der Waals surface area (Å²) in [6.45, 7) is 6.52. The lowest BCUT2D eigenvalue weighted by Crippen LogP contribution is -2.03. The number of carboxylic acid groups (broad SMARTS) is 1. The van der Waals surface area contributed by atoms with Crippen LogP contribution < -0.4 is 0 Å². The van der Waals surface area contributed by atoms with E-state index in [0.29, 0.717) is 12.3 Å². The zero-order valence-corrected chi connectivity index (χ0v) is 9.80. The van der Waals surface area contributed by atoms with Crippen molar-refractivity contribution in [1.82, 2.24) is 0 Å². The van der Waals surface area contributed by atoms with Crippen LogP contribution in [0.5, 0.6) is 0 Å². The topological polar surface area (TPSA) is 94.8 Å². The summed E-state index contributed by atoms with van der Waals surface area (Å²) in [5.74, 6) is -0.303. The van der Waals surface area contributed by atoms with Crippen molar-refractivity contribution in [3.8, 4) is 0 Å². The fourth-order valence-corrected chi connectivity index (χ4v) is 0.192. The zero-order chi connectivity index (χ0) is 12.9. The summed E-state index contributed by atoms with van der Waals surface area (Å²) in [4.78, 5) is 18.6. The van der Waals surface area contributed by atoms with Gasteiger partial charge in [0.1, 0.15) is 6.29 Å². The molecule has 1 unspecified atom stereocenters. The second-order valence-corrected chi connectivity index (χ2v) is 3.35. The maximum absolute atomic E-state index is 9.62. The number of aliphatic carboxylic acids is 1. The predicted octanol–water partition coefficient (Wildman–Crippen LogP) is 0.682. The van der Waals surface area contributed by atoms with Gasteiger partial charge in [-0.25, -0.2) is 0 Å². The lowest BCUT2D eigenvalue weighted by atomic mass is 10.2. The van der Waals surface area contributed by atoms with Crippen LogP contribution in [0, 0.1) is 5.92 Å². The molecule has 1 atom stereocenters. The van der Waals surface area contributed by atoms with Gasteiger partial charge < -0.3 is 20.1 Å². The number of carbonyl (C=O) groups is 2. The molecule has 0 saturated heterocycles. The molecule has 0 aromatic heterocycles. The summed E-state index contributed by atoms with van der Waals surface area (Å²) < 4.78 is 0. The van der Waals surface area contributed by atoms with Crippen molar-refractivity contribution in [2.75, 3.05) is 6.61 Å². The van der Waals surface area contributed by atoms with E-state index in [1.807, 2.05) is 13.8 Å². The molecule has 0 saturated carbocycles. The third-order valence-corrected chi connectivity index (χ3v) is 0.832. The van der Waals surface area contributed by atoms with Crippen molar-refractivity contribution in [3.05, 3.63) is 0 Å². The third kappa shape index (κ3) is 96.9. The van der Waals surface area contributed by atoms with Crippen LogP contribution in [-0.2, 0) is 9.59 Å². The number of hydrogen-bond acceptors (Lipinski definition) is 4. The van der Waals surface area contributed by atoms with Gasteiger partial charge in [-0.2, -0.15) is 0 Å². The van der Waals surface area contributed by atoms with Crippen molar-refractivity contribution < 1.29 is 24.9 Å². The first-order valence-electron chi connectivity index (χ1n) is 4.69. The molecule has 0 aliphatic heterocycles. The smallest absolute Gasteiger partial charge is 0.300 e. The monoisotopic (exact) mass is 222 g/mol. The van der Waals surface area contributed by atoms with E-state index in [0.717, 1.165) is 13.2 Å². The predicted molar refractivity (Wildman–Crippen MR) is 57.6 cm³/mol. The standard InChI is InChI=1S/C5H10O.C3H8O2.C2H4O2/c1-5(2)3-4-6;1-3(5)2-4;1-2(3)4/h4-5H,3H2,1-2H3;3-5H,2H2,1H3;1H3,(H,3,4). The molecule has 5 heteroatoms. The largest absolute Gasteiger partial charge is 0.481 e. The van der Waals surface area contributed by atoms with Crippen molar-refractivity contribution in [2.45, 2.75) is 40.2 Å². The molecule has 5 nitrogen and oxygen atoms in total. The molecule has 0 aliphatic rings. The molecule has 0 rings (SSSR count). The Morgan fingerprint density at radius 1 is 1.33 bits per heavy atom. The van der Waals surface area contributed by atoms with Crippen LogP contribution in [-0.4, -0.2) is 40.3 Å². The van der Waals surface area contributed by atoms with Gasteiger partial charge in [-0.15, -0.1) is 0 Å². The Labute approximate surface area is 90.7 Å². The van der Waals surface area contributed by atoms with Crippen LogP contribution >= 0.6 is 0 Å². The molecule has 0 aromatic carbocycles. The van der Waals surface area contributed by atoms with Crippen LogP contribution in [0.3, 0.4) is 0 Å². The van der Waals surface area contributed by atoms with Gasteiger partial charge >= 0.3 is 0 Å². The third-order valence-electron chi connectivity index (χ3n) is 0.832. The lowest BCUT2D eigenvalue weighted by Gasteiger charge is -1.90. The van der Waals surface area contributed by atoms with Crippen LogP contribution in [0.25, 0.3) is 0 Å². The van der Waals surface area contributed by atoms with Crippen molar-refractivity contribution in [2.24, 2.45) is 5.92 Å². The Kier molecular flexibility index (Phi) is 20.3. The van der Waals surface area contributed by atoms with Crippen molar-refractivity contribution in [1.29, 1.82) is 0 Å². The minimum Gasteiger partial charge on any atom is -0.481 e. The van der Waals surface area contributed by atoms with Crippen molar-refractivity contribution >= 4 is 12.3 Å². The molecular formula is C10H22O5. The summed E-state index contributed by atoms with van der Waals surface area (Å²) in [6.07, 6.45) is 1.08. The highest BCUT2D eigenvalue weighted by molar-refractivity contribution is 5.62. The summed E-state index contributed by atoms with van der Waals surface area (Å²) in [7, 11) is 0. The second-order valence-electron chi connectivity index (χ2n) is 3.35. The van der Waals surface area contributed by atoms with Gasteiger partial charge in [0.2, 0.25) is 0 Å². The van der Waals surface area contributed by atoms with Crippen molar-refractivity contribution in [3.63, 3.8) is 0 Å². The Morgan fingerprint density at radius 2 is 1.60 bits per heavy atom. The Morgan fingerprint density at radius 3 is 1.60 bits per heavy atom. The molecule has 0 spiro atoms. The molecule has 0 heterocycles. The molecule has 3 N–H and O–H groups in total. The van der Waals surface area contributed by atoms with Gasteiger partial charge in [0.25, 0.3) is 5.97 Å². The number of carbonyl (C=O) groups excluding carboxylic acids is 1. The highest BCUT2D eigenvalue weighted by atomic mass is 16.4. The quantitative estimate of drug-likeness (QED) is 0.610. The SMILES string of the molecule is CC(=O)O.CC(C)CC=O.CC(O)CO. The Balaban J connectivity index is -0.000000147. The number of aldehydes is 1. The van der Waals surface area contributed by atoms with E-state index < -0.39 is 12.1 Å². The minimum atomic E-state index is -0.833. The minimum absolute atomic E-state index is 0.139. The summed E-state index contributed by atoms with van der Waals surface area (Å²) in [5, 5.41) is 23.4. The molecular weight excluding hydrogens is 200 g/mol. The Hall–Kier alpha value is -0.940. The normalized spacial score (nSPS) is 10.3. The number of aliphatic hydroxyl groups excluding tert-OH is 2. The van der Waals surface area contributed by atoms with Gasteiger partial charge in [-0.05, 0) is 12.8 Å². The molecule has 0 aromatic rings. The maximum atomic E-state index is 9.62. The van der Waals surface area contributed by atoms with E-state index in [-0.39, 0.29) is 6.61 Å². The van der Waals surface area contributed by atoms with Crippen LogP contribution in [0.2, 0.25) is 0 Å². The summed E-state index contributed by atoms with van der Waals surface area (Å²) in [6, 6.07) is 0. The molecule has 0 amide bonds. The van der Waals surface area contributed by atoms with Gasteiger partial charge in [0.15, 0.2) is 0 Å². The lowest BCUT2D eigenvalue weighted by molar-refractivity contribution is -0.134. The number of aliphatic hydroxyl groups is 2. The first kappa shape index (κ1) is 19.6. The maximum Gasteiger partial charge on any atom is 0.300 e. The molecule has 0 bridgehead atoms. The van der Waals surface area contributed by atoms with E-state index in [2.05, 4.69) is 0 Å². The first-order chi connectivity index (χ1) is 6.77. The molecule has 0 fully saturated rings. The van der Waals surface area contributed by atoms with E-state index in [1.165, 1.54) is 6.92 Å². The number of hydrogen-bond donors (Lipinski definition) is 3. The van der Waals surface area contributed by atoms with E-state index in [4.69, 9.17) is 20.1 Å². The fraction of sp³-hybridized carbons (Fsp3) is 0.800. The average Bonchev–Trinajstić information content (AvgIpc) is 2.03. The average molecular weight is 222 g/mol. The van der Waals surface area contributed by atoms with E-state index in [1.54, 1.807) is 0 Å². The molecule has 92 valence electrons. The highest BCUT2D eigenvalue weighted by Gasteiger charge is 1.85. The van der Waals surface area contributed by atoms with Crippen LogP contribution in [0.1, 0.15) is 34.1 Å². The molecule has 0 radical (unpaired) electrons. The summed E-state index contributed by atoms with van der Waals surface area (Å²) >= 11 is 0. The number of rotatable bonds is 3. The fourth-order valence-electron chi connectivity index (χ4n) is 0.192. The van der Waals surface area contributed by atoms with Crippen LogP contribution in [0.4, 0.5) is 0 Å². The van der Waals surface area contributed by atoms with Gasteiger partial charge in [0.05, 0.1) is 12.7 Å². The number of carboxylic acids is 1. The summed E-state index contributed by atoms with van der Waals surface area (Å²) in [5.41, 5.74) is 0. The van der Waals surface area contributed by atoms with Crippen LogP contribution in [0.15, 0.2) is 0 Å². The molecule has 0 aliphatic carbocycles. The second kappa shape index (κ2) is 15.5. The molecule has 15 heavy (non-hydrogen) atoms. The zero-order valence-electron chi connectivity index (χ0n) is 9.80. The van der Waals surface area contributed by atoms with E-state index >= 15 is 0 Å².